The van der Waals surface area contributed by atoms with Gasteiger partial charge < -0.3 is 5.11 Å². The quantitative estimate of drug-likeness (QED) is 0.780. The van der Waals surface area contributed by atoms with Crippen LogP contribution in [-0.2, 0) is 6.42 Å². The Morgan fingerprint density at radius 1 is 1.10 bits per heavy atom. The lowest BCUT2D eigenvalue weighted by Gasteiger charge is -2.13. The molecule has 0 saturated carbocycles. The number of hydrogen-bond donors (Lipinski definition) is 1. The van der Waals surface area contributed by atoms with E-state index in [9.17, 15) is 5.11 Å². The van der Waals surface area contributed by atoms with E-state index < -0.39 is 6.10 Å². The van der Waals surface area contributed by atoms with Crippen molar-refractivity contribution < 1.29 is 5.11 Å². The van der Waals surface area contributed by atoms with Crippen molar-refractivity contribution in [3.05, 3.63) is 63.6 Å². The molecule has 2 aromatic carbocycles. The Kier molecular flexibility index (Phi) is 5.79. The van der Waals surface area contributed by atoms with E-state index in [0.717, 1.165) is 5.56 Å². The predicted molar refractivity (Wildman–Crippen MR) is 88.1 cm³/mol. The highest BCUT2D eigenvalue weighted by molar-refractivity contribution is 7.99. The fourth-order valence-electron chi connectivity index (χ4n) is 1.92. The molecule has 0 saturated heterocycles. The first-order chi connectivity index (χ1) is 9.58. The molecule has 0 aliphatic heterocycles. The van der Waals surface area contributed by atoms with E-state index in [-0.39, 0.29) is 0 Å². The fourth-order valence-corrected chi connectivity index (χ4v) is 3.28. The standard InChI is InChI=1S/C16H16Cl2OS/c1-11-5-2-3-8-15(11)20-10-13(19)9-12-6-4-7-14(17)16(12)18/h2-8,13,19H,9-10H2,1H3. The number of halogens is 2. The van der Waals surface area contributed by atoms with Gasteiger partial charge in [-0.1, -0.05) is 53.5 Å². The minimum Gasteiger partial charge on any atom is -0.392 e. The Labute approximate surface area is 133 Å². The van der Waals surface area contributed by atoms with Crippen molar-refractivity contribution in [3.8, 4) is 0 Å². The Morgan fingerprint density at radius 3 is 2.60 bits per heavy atom. The van der Waals surface area contributed by atoms with Gasteiger partial charge in [0.25, 0.3) is 0 Å². The Hall–Kier alpha value is -0.670. The van der Waals surface area contributed by atoms with Gasteiger partial charge in [-0.3, -0.25) is 0 Å². The first-order valence-electron chi connectivity index (χ1n) is 6.37. The van der Waals surface area contributed by atoms with E-state index in [1.807, 2.05) is 24.3 Å². The number of aliphatic hydroxyl groups is 1. The number of hydrogen-bond acceptors (Lipinski definition) is 2. The van der Waals surface area contributed by atoms with Crippen LogP contribution in [0.15, 0.2) is 47.4 Å². The van der Waals surface area contributed by atoms with Crippen LogP contribution >= 0.6 is 35.0 Å². The Bertz CT molecular complexity index is 586. The lowest BCUT2D eigenvalue weighted by molar-refractivity contribution is 0.200. The van der Waals surface area contributed by atoms with Crippen molar-refractivity contribution in [2.24, 2.45) is 0 Å². The second-order valence-electron chi connectivity index (χ2n) is 4.65. The molecule has 0 heterocycles. The molecule has 0 amide bonds. The van der Waals surface area contributed by atoms with Crippen LogP contribution in [0, 0.1) is 6.92 Å². The van der Waals surface area contributed by atoms with Gasteiger partial charge >= 0.3 is 0 Å². The van der Waals surface area contributed by atoms with Crippen LogP contribution in [0.5, 0.6) is 0 Å². The SMILES string of the molecule is Cc1ccccc1SCC(O)Cc1cccc(Cl)c1Cl. The maximum Gasteiger partial charge on any atom is 0.0674 e. The summed E-state index contributed by atoms with van der Waals surface area (Å²) < 4.78 is 0. The summed E-state index contributed by atoms with van der Waals surface area (Å²) in [6.45, 7) is 2.07. The molecule has 0 bridgehead atoms. The Balaban J connectivity index is 1.94. The summed E-state index contributed by atoms with van der Waals surface area (Å²) in [5.74, 6) is 0.633. The highest BCUT2D eigenvalue weighted by atomic mass is 35.5. The van der Waals surface area contributed by atoms with Gasteiger partial charge in [-0.05, 0) is 30.2 Å². The summed E-state index contributed by atoms with van der Waals surface area (Å²) in [4.78, 5) is 1.20. The number of thioether (sulfide) groups is 1. The second kappa shape index (κ2) is 7.37. The largest absolute Gasteiger partial charge is 0.392 e. The van der Waals surface area contributed by atoms with Crippen molar-refractivity contribution in [1.29, 1.82) is 0 Å². The van der Waals surface area contributed by atoms with Crippen molar-refractivity contribution in [2.45, 2.75) is 24.3 Å². The van der Waals surface area contributed by atoms with Crippen molar-refractivity contribution in [3.63, 3.8) is 0 Å². The molecule has 20 heavy (non-hydrogen) atoms. The van der Waals surface area contributed by atoms with Crippen LogP contribution in [0.2, 0.25) is 10.0 Å². The molecule has 0 aliphatic carbocycles. The molecule has 0 aliphatic rings. The van der Waals surface area contributed by atoms with Crippen LogP contribution in [0.4, 0.5) is 0 Å². The molecule has 106 valence electrons. The molecule has 0 radical (unpaired) electrons. The lowest BCUT2D eigenvalue weighted by atomic mass is 10.1. The van der Waals surface area contributed by atoms with Gasteiger partial charge in [-0.2, -0.15) is 0 Å². The van der Waals surface area contributed by atoms with Crippen molar-refractivity contribution >= 4 is 35.0 Å². The van der Waals surface area contributed by atoms with Gasteiger partial charge in [0.15, 0.2) is 0 Å². The summed E-state index contributed by atoms with van der Waals surface area (Å²) in [5, 5.41) is 11.2. The van der Waals surface area contributed by atoms with Gasteiger partial charge in [0.2, 0.25) is 0 Å². The second-order valence-corrected chi connectivity index (χ2v) is 6.49. The summed E-state index contributed by atoms with van der Waals surface area (Å²) in [7, 11) is 0. The molecule has 0 fully saturated rings. The summed E-state index contributed by atoms with van der Waals surface area (Å²) >= 11 is 13.8. The lowest BCUT2D eigenvalue weighted by Crippen LogP contribution is -2.14. The molecule has 1 nitrogen and oxygen atoms in total. The predicted octanol–water partition coefficient (Wildman–Crippen LogP) is 5.00. The maximum absolute atomic E-state index is 10.1. The topological polar surface area (TPSA) is 20.2 Å². The number of aryl methyl sites for hydroxylation is 1. The van der Waals surface area contributed by atoms with E-state index in [1.165, 1.54) is 10.5 Å². The molecule has 4 heteroatoms. The van der Waals surface area contributed by atoms with Gasteiger partial charge in [-0.15, -0.1) is 11.8 Å². The number of aliphatic hydroxyl groups excluding tert-OH is 1. The third kappa shape index (κ3) is 4.16. The van der Waals surface area contributed by atoms with E-state index in [0.29, 0.717) is 22.2 Å². The molecule has 1 atom stereocenters. The van der Waals surface area contributed by atoms with E-state index >= 15 is 0 Å². The third-order valence-corrected chi connectivity index (χ3v) is 5.19. The van der Waals surface area contributed by atoms with Gasteiger partial charge in [0.05, 0.1) is 16.1 Å². The molecule has 1 unspecified atom stereocenters. The van der Waals surface area contributed by atoms with Crippen molar-refractivity contribution in [2.75, 3.05) is 5.75 Å². The zero-order valence-corrected chi connectivity index (χ0v) is 13.5. The van der Waals surface area contributed by atoms with Crippen LogP contribution in [0.3, 0.4) is 0 Å². The van der Waals surface area contributed by atoms with Gasteiger partial charge in [0.1, 0.15) is 0 Å². The summed E-state index contributed by atoms with van der Waals surface area (Å²) in [6.07, 6.45) is 0.0636. The first kappa shape index (κ1) is 15.7. The minimum atomic E-state index is -0.449. The number of benzene rings is 2. The van der Waals surface area contributed by atoms with Crippen LogP contribution in [0.1, 0.15) is 11.1 Å². The van der Waals surface area contributed by atoms with Crippen LogP contribution < -0.4 is 0 Å². The van der Waals surface area contributed by atoms with E-state index in [1.54, 1.807) is 17.8 Å². The highest BCUT2D eigenvalue weighted by Crippen LogP contribution is 2.28. The number of rotatable bonds is 5. The minimum absolute atomic E-state index is 0.449. The zero-order valence-electron chi connectivity index (χ0n) is 11.1. The molecule has 1 N–H and O–H groups in total. The third-order valence-electron chi connectivity index (χ3n) is 3.01. The average molecular weight is 327 g/mol. The summed E-state index contributed by atoms with van der Waals surface area (Å²) in [5.41, 5.74) is 2.11. The first-order valence-corrected chi connectivity index (χ1v) is 8.11. The van der Waals surface area contributed by atoms with E-state index in [2.05, 4.69) is 19.1 Å². The summed E-state index contributed by atoms with van der Waals surface area (Å²) in [6, 6.07) is 13.7. The van der Waals surface area contributed by atoms with Gasteiger partial charge in [-0.25, -0.2) is 0 Å². The molecular formula is C16H16Cl2OS. The smallest absolute Gasteiger partial charge is 0.0674 e. The molecule has 2 aromatic rings. The maximum atomic E-state index is 10.1. The zero-order chi connectivity index (χ0) is 14.5. The van der Waals surface area contributed by atoms with E-state index in [4.69, 9.17) is 23.2 Å². The molecular weight excluding hydrogens is 311 g/mol. The average Bonchev–Trinajstić information content (AvgIpc) is 2.43. The molecule has 0 aromatic heterocycles. The van der Waals surface area contributed by atoms with Gasteiger partial charge in [0, 0.05) is 17.1 Å². The monoisotopic (exact) mass is 326 g/mol. The highest BCUT2D eigenvalue weighted by Gasteiger charge is 2.11. The molecule has 0 spiro atoms. The Morgan fingerprint density at radius 2 is 1.85 bits per heavy atom. The fraction of sp³-hybridized carbons (Fsp3) is 0.250. The molecule has 2 rings (SSSR count). The normalized spacial score (nSPS) is 12.4. The van der Waals surface area contributed by atoms with Crippen LogP contribution in [-0.4, -0.2) is 17.0 Å². The van der Waals surface area contributed by atoms with Crippen LogP contribution in [0.25, 0.3) is 0 Å². The van der Waals surface area contributed by atoms with Crippen molar-refractivity contribution in [1.82, 2.24) is 0 Å².